The van der Waals surface area contributed by atoms with Crippen molar-refractivity contribution in [3.05, 3.63) is 59.2 Å². The van der Waals surface area contributed by atoms with E-state index in [2.05, 4.69) is 15.5 Å². The summed E-state index contributed by atoms with van der Waals surface area (Å²) >= 11 is 5.95. The molecule has 1 heterocycles. The number of benzene rings is 2. The molecule has 0 saturated heterocycles. The van der Waals surface area contributed by atoms with E-state index in [1.807, 2.05) is 18.2 Å². The minimum absolute atomic E-state index is 0.136. The zero-order chi connectivity index (χ0) is 14.8. The Labute approximate surface area is 125 Å². The van der Waals surface area contributed by atoms with Crippen LogP contribution in [0.2, 0.25) is 5.15 Å². The number of aromatic nitrogens is 2. The molecule has 0 bridgehead atoms. The molecule has 104 valence electrons. The van der Waals surface area contributed by atoms with Gasteiger partial charge in [-0.25, -0.2) is 0 Å². The Hall–Kier alpha value is -2.66. The summed E-state index contributed by atoms with van der Waals surface area (Å²) in [6.07, 6.45) is 0. The van der Waals surface area contributed by atoms with Crippen molar-refractivity contribution >= 4 is 34.0 Å². The fourth-order valence-electron chi connectivity index (χ4n) is 1.97. The standard InChI is InChI=1S/C15H10ClN3O2/c16-13-12-8-9(6-7-11(12)15(21)19-18-13)14(20)17-10-4-2-1-3-5-10/h1-8H,(H,17,20)(H,19,21). The summed E-state index contributed by atoms with van der Waals surface area (Å²) in [6.45, 7) is 0. The predicted molar refractivity (Wildman–Crippen MR) is 80.6 cm³/mol. The van der Waals surface area contributed by atoms with Gasteiger partial charge in [-0.3, -0.25) is 4.79 Å². The number of nitrogens with one attached hydrogen (secondary N) is 1. The molecule has 0 spiro atoms. The van der Waals surface area contributed by atoms with Gasteiger partial charge >= 0.3 is 0 Å². The zero-order valence-electron chi connectivity index (χ0n) is 10.7. The molecule has 0 atom stereocenters. The van der Waals surface area contributed by atoms with Crippen molar-refractivity contribution in [2.75, 3.05) is 5.32 Å². The second-order valence-corrected chi connectivity index (χ2v) is 4.75. The highest BCUT2D eigenvalue weighted by atomic mass is 35.5. The Balaban J connectivity index is 1.98. The molecule has 1 amide bonds. The van der Waals surface area contributed by atoms with Crippen LogP contribution in [0.4, 0.5) is 5.69 Å². The molecule has 0 unspecified atom stereocenters. The fourth-order valence-corrected chi connectivity index (χ4v) is 2.17. The van der Waals surface area contributed by atoms with Crippen LogP contribution >= 0.6 is 11.6 Å². The summed E-state index contributed by atoms with van der Waals surface area (Å²) in [5.41, 5.74) is 1.12. The number of para-hydroxylation sites is 1. The highest BCUT2D eigenvalue weighted by Gasteiger charge is 2.11. The monoisotopic (exact) mass is 299 g/mol. The number of hydrogen-bond donors (Lipinski definition) is 2. The average Bonchev–Trinajstić information content (AvgIpc) is 2.52. The van der Waals surface area contributed by atoms with Crippen LogP contribution in [0, 0.1) is 0 Å². The molecule has 0 saturated carbocycles. The number of hydrogen-bond acceptors (Lipinski definition) is 4. The second-order valence-electron chi connectivity index (χ2n) is 4.39. The number of aromatic hydroxyl groups is 1. The minimum atomic E-state index is -0.268. The van der Waals surface area contributed by atoms with Crippen molar-refractivity contribution in [3.8, 4) is 5.88 Å². The van der Waals surface area contributed by atoms with Gasteiger partial charge in [0.15, 0.2) is 5.15 Å². The smallest absolute Gasteiger partial charge is 0.255 e. The van der Waals surface area contributed by atoms with Crippen molar-refractivity contribution in [3.63, 3.8) is 0 Å². The van der Waals surface area contributed by atoms with E-state index >= 15 is 0 Å². The highest BCUT2D eigenvalue weighted by molar-refractivity contribution is 6.34. The van der Waals surface area contributed by atoms with E-state index in [0.29, 0.717) is 22.0 Å². The molecule has 0 fully saturated rings. The van der Waals surface area contributed by atoms with Crippen LogP contribution in [-0.2, 0) is 0 Å². The lowest BCUT2D eigenvalue weighted by Gasteiger charge is -2.07. The predicted octanol–water partition coefficient (Wildman–Crippen LogP) is 3.24. The normalized spacial score (nSPS) is 10.5. The lowest BCUT2D eigenvalue weighted by Crippen LogP contribution is -2.11. The molecule has 2 N–H and O–H groups in total. The molecule has 3 rings (SSSR count). The molecule has 2 aromatic carbocycles. The maximum absolute atomic E-state index is 12.2. The third kappa shape index (κ3) is 2.64. The largest absolute Gasteiger partial charge is 0.492 e. The van der Waals surface area contributed by atoms with E-state index in [1.54, 1.807) is 30.3 Å². The van der Waals surface area contributed by atoms with E-state index < -0.39 is 0 Å². The number of nitrogens with zero attached hydrogens (tertiary/aromatic N) is 2. The molecule has 0 aliphatic heterocycles. The molecular weight excluding hydrogens is 290 g/mol. The zero-order valence-corrected chi connectivity index (χ0v) is 11.5. The van der Waals surface area contributed by atoms with Crippen LogP contribution < -0.4 is 5.32 Å². The number of halogens is 1. The maximum atomic E-state index is 12.2. The number of anilines is 1. The van der Waals surface area contributed by atoms with E-state index in [0.717, 1.165) is 0 Å². The third-order valence-corrected chi connectivity index (χ3v) is 3.29. The van der Waals surface area contributed by atoms with E-state index in [4.69, 9.17) is 11.6 Å². The van der Waals surface area contributed by atoms with Crippen molar-refractivity contribution in [2.24, 2.45) is 0 Å². The first-order valence-corrected chi connectivity index (χ1v) is 6.54. The Morgan fingerprint density at radius 3 is 2.57 bits per heavy atom. The summed E-state index contributed by atoms with van der Waals surface area (Å²) in [4.78, 5) is 12.2. The molecule has 6 heteroatoms. The molecule has 1 aromatic heterocycles. The number of carbonyl (C=O) groups excluding carboxylic acids is 1. The van der Waals surface area contributed by atoms with E-state index in [-0.39, 0.29) is 16.9 Å². The molecule has 0 radical (unpaired) electrons. The van der Waals surface area contributed by atoms with Crippen LogP contribution in [0.3, 0.4) is 0 Å². The molecule has 0 aliphatic carbocycles. The van der Waals surface area contributed by atoms with Gasteiger partial charge in [0.2, 0.25) is 5.88 Å². The van der Waals surface area contributed by atoms with Gasteiger partial charge in [-0.05, 0) is 30.3 Å². The molecule has 0 aliphatic rings. The van der Waals surface area contributed by atoms with E-state index in [1.165, 1.54) is 0 Å². The van der Waals surface area contributed by atoms with Crippen LogP contribution in [0.5, 0.6) is 5.88 Å². The lowest BCUT2D eigenvalue weighted by atomic mass is 10.1. The summed E-state index contributed by atoms with van der Waals surface area (Å²) in [6, 6.07) is 13.9. The molecule has 21 heavy (non-hydrogen) atoms. The van der Waals surface area contributed by atoms with Gasteiger partial charge in [-0.15, -0.1) is 10.2 Å². The van der Waals surface area contributed by atoms with Gasteiger partial charge in [-0.2, -0.15) is 0 Å². The first-order valence-electron chi connectivity index (χ1n) is 6.16. The lowest BCUT2D eigenvalue weighted by molar-refractivity contribution is 0.102. The Bertz CT molecular complexity index is 822. The molecule has 3 aromatic rings. The second kappa shape index (κ2) is 5.38. The van der Waals surface area contributed by atoms with Crippen LogP contribution in [-0.4, -0.2) is 21.2 Å². The van der Waals surface area contributed by atoms with Gasteiger partial charge in [0.05, 0.1) is 0 Å². The Morgan fingerprint density at radius 1 is 1.05 bits per heavy atom. The number of fused-ring (bicyclic) bond motifs is 1. The number of carbonyl (C=O) groups is 1. The third-order valence-electron chi connectivity index (χ3n) is 3.01. The van der Waals surface area contributed by atoms with Gasteiger partial charge in [-0.1, -0.05) is 29.8 Å². The Morgan fingerprint density at radius 2 is 1.81 bits per heavy atom. The Kier molecular flexibility index (Phi) is 3.41. The maximum Gasteiger partial charge on any atom is 0.255 e. The van der Waals surface area contributed by atoms with Gasteiger partial charge < -0.3 is 10.4 Å². The topological polar surface area (TPSA) is 75.1 Å². The number of rotatable bonds is 2. The first-order chi connectivity index (χ1) is 10.1. The number of amides is 1. The average molecular weight is 300 g/mol. The van der Waals surface area contributed by atoms with E-state index in [9.17, 15) is 9.90 Å². The van der Waals surface area contributed by atoms with Crippen molar-refractivity contribution in [1.82, 2.24) is 10.2 Å². The fraction of sp³-hybridized carbons (Fsp3) is 0. The van der Waals surface area contributed by atoms with Crippen molar-refractivity contribution in [2.45, 2.75) is 0 Å². The van der Waals surface area contributed by atoms with Gasteiger partial charge in [0.1, 0.15) is 0 Å². The van der Waals surface area contributed by atoms with Crippen molar-refractivity contribution in [1.29, 1.82) is 0 Å². The highest BCUT2D eigenvalue weighted by Crippen LogP contribution is 2.27. The SMILES string of the molecule is O=C(Nc1ccccc1)c1ccc2c(O)nnc(Cl)c2c1. The van der Waals surface area contributed by atoms with Crippen LogP contribution in [0.25, 0.3) is 10.8 Å². The molecular formula is C15H10ClN3O2. The van der Waals surface area contributed by atoms with Crippen LogP contribution in [0.15, 0.2) is 48.5 Å². The summed E-state index contributed by atoms with van der Waals surface area (Å²) in [7, 11) is 0. The van der Waals surface area contributed by atoms with Crippen molar-refractivity contribution < 1.29 is 9.90 Å². The van der Waals surface area contributed by atoms with Gasteiger partial charge in [0.25, 0.3) is 5.91 Å². The quantitative estimate of drug-likeness (QED) is 0.761. The summed E-state index contributed by atoms with van der Waals surface area (Å²) in [5, 5.41) is 20.6. The van der Waals surface area contributed by atoms with Gasteiger partial charge in [0, 0.05) is 22.0 Å². The first kappa shape index (κ1) is 13.3. The molecule has 5 nitrogen and oxygen atoms in total. The van der Waals surface area contributed by atoms with Crippen LogP contribution in [0.1, 0.15) is 10.4 Å². The summed E-state index contributed by atoms with van der Waals surface area (Å²) < 4.78 is 0. The minimum Gasteiger partial charge on any atom is -0.492 e. The summed E-state index contributed by atoms with van der Waals surface area (Å²) in [5.74, 6) is -0.486.